The Bertz CT molecular complexity index is 921. The van der Waals surface area contributed by atoms with Gasteiger partial charge in [-0.3, -0.25) is 0 Å². The Balaban J connectivity index is 2.06. The Kier molecular flexibility index (Phi) is 6.37. The lowest BCUT2D eigenvalue weighted by molar-refractivity contribution is -0.135. The molecule has 2 unspecified atom stereocenters. The highest BCUT2D eigenvalue weighted by Gasteiger charge is 2.51. The minimum absolute atomic E-state index is 0.353. The van der Waals surface area contributed by atoms with Crippen LogP contribution in [0.2, 0.25) is 10.0 Å². The van der Waals surface area contributed by atoms with Crippen LogP contribution < -0.4 is 0 Å². The number of hydrogen-bond acceptors (Lipinski definition) is 5. The number of carbonyl (C=O) groups excluding carboxylic acids is 1. The molecule has 1 heterocycles. The summed E-state index contributed by atoms with van der Waals surface area (Å²) in [5.41, 5.74) is -1.46. The van der Waals surface area contributed by atoms with Crippen molar-refractivity contribution in [3.8, 4) is 0 Å². The molecule has 0 aliphatic carbocycles. The lowest BCUT2D eigenvalue weighted by Gasteiger charge is -2.40. The molecule has 0 spiro atoms. The van der Waals surface area contributed by atoms with Crippen molar-refractivity contribution in [2.45, 2.75) is 30.3 Å². The molecule has 0 amide bonds. The van der Waals surface area contributed by atoms with E-state index in [0.29, 0.717) is 26.1 Å². The van der Waals surface area contributed by atoms with E-state index in [0.717, 1.165) is 0 Å². The normalized spacial score (nSPS) is 23.1. The predicted molar refractivity (Wildman–Crippen MR) is 117 cm³/mol. The van der Waals surface area contributed by atoms with Crippen LogP contribution >= 0.6 is 35.0 Å². The van der Waals surface area contributed by atoms with E-state index < -0.39 is 28.3 Å². The van der Waals surface area contributed by atoms with Gasteiger partial charge in [0.25, 0.3) is 0 Å². The summed E-state index contributed by atoms with van der Waals surface area (Å²) in [7, 11) is 1.31. The molecular formula is C22H22Cl2O4S. The fourth-order valence-electron chi connectivity index (χ4n) is 3.57. The first kappa shape index (κ1) is 22.2. The van der Waals surface area contributed by atoms with E-state index in [-0.39, 0.29) is 0 Å². The molecule has 3 rings (SSSR count). The first-order valence-electron chi connectivity index (χ1n) is 9.01. The number of benzene rings is 2. The summed E-state index contributed by atoms with van der Waals surface area (Å²) in [6, 6.07) is 13.8. The summed E-state index contributed by atoms with van der Waals surface area (Å²) in [6.07, 6.45) is 1.68. The van der Waals surface area contributed by atoms with Gasteiger partial charge in [0.2, 0.25) is 0 Å². The zero-order chi connectivity index (χ0) is 21.4. The van der Waals surface area contributed by atoms with Crippen molar-refractivity contribution in [3.05, 3.63) is 80.7 Å². The molecule has 2 N–H and O–H groups in total. The van der Waals surface area contributed by atoms with Crippen molar-refractivity contribution in [1.29, 1.82) is 0 Å². The molecular weight excluding hydrogens is 431 g/mol. The highest BCUT2D eigenvalue weighted by atomic mass is 35.5. The van der Waals surface area contributed by atoms with E-state index in [2.05, 4.69) is 0 Å². The summed E-state index contributed by atoms with van der Waals surface area (Å²) in [5.74, 6) is -1.07. The zero-order valence-electron chi connectivity index (χ0n) is 16.2. The molecule has 29 heavy (non-hydrogen) atoms. The maximum atomic E-state index is 12.2. The minimum atomic E-state index is -1.37. The molecule has 7 heteroatoms. The van der Waals surface area contributed by atoms with E-state index in [1.165, 1.54) is 18.9 Å². The molecule has 154 valence electrons. The third-order valence-electron chi connectivity index (χ3n) is 5.36. The quantitative estimate of drug-likeness (QED) is 0.631. The summed E-state index contributed by atoms with van der Waals surface area (Å²) in [5, 5.41) is 23.5. The van der Waals surface area contributed by atoms with Crippen LogP contribution in [-0.2, 0) is 20.7 Å². The second-order valence-electron chi connectivity index (χ2n) is 7.40. The van der Waals surface area contributed by atoms with Gasteiger partial charge >= 0.3 is 5.97 Å². The lowest BCUT2D eigenvalue weighted by Crippen LogP contribution is -2.45. The first-order chi connectivity index (χ1) is 13.6. The number of ether oxygens (including phenoxy) is 1. The fraction of sp³-hybridized carbons (Fsp3) is 0.318. The SMILES string of the molecule is COC(=O)C1=C[C@@H](C(C)(O)c2ccc(Cl)cc2)[C@@H](C(C)(O)c2ccc(Cl)cc2)S1. The maximum absolute atomic E-state index is 12.2. The Morgan fingerprint density at radius 1 is 0.931 bits per heavy atom. The van der Waals surface area contributed by atoms with Crippen LogP contribution in [-0.4, -0.2) is 28.5 Å². The average molecular weight is 453 g/mol. The number of hydrogen-bond donors (Lipinski definition) is 2. The van der Waals surface area contributed by atoms with Gasteiger partial charge in [0.05, 0.1) is 28.5 Å². The molecule has 2 aromatic rings. The summed E-state index contributed by atoms with van der Waals surface area (Å²) < 4.78 is 4.87. The lowest BCUT2D eigenvalue weighted by atomic mass is 9.74. The molecule has 1 aliphatic heterocycles. The molecule has 0 saturated heterocycles. The number of aliphatic hydroxyl groups is 2. The van der Waals surface area contributed by atoms with Gasteiger partial charge in [-0.2, -0.15) is 0 Å². The summed E-state index contributed by atoms with van der Waals surface area (Å²) in [6.45, 7) is 3.34. The Hall–Kier alpha value is -1.50. The molecule has 0 radical (unpaired) electrons. The molecule has 0 aromatic heterocycles. The Morgan fingerprint density at radius 2 is 1.38 bits per heavy atom. The van der Waals surface area contributed by atoms with Crippen molar-refractivity contribution >= 4 is 40.9 Å². The number of carbonyl (C=O) groups is 1. The zero-order valence-corrected chi connectivity index (χ0v) is 18.6. The fourth-order valence-corrected chi connectivity index (χ4v) is 5.36. The third-order valence-corrected chi connectivity index (χ3v) is 7.42. The minimum Gasteiger partial charge on any atom is -0.465 e. The van der Waals surface area contributed by atoms with Crippen LogP contribution in [0.5, 0.6) is 0 Å². The van der Waals surface area contributed by atoms with Crippen molar-refractivity contribution in [3.63, 3.8) is 0 Å². The van der Waals surface area contributed by atoms with Gasteiger partial charge in [-0.15, -0.1) is 11.8 Å². The van der Waals surface area contributed by atoms with Gasteiger partial charge in [-0.05, 0) is 49.2 Å². The van der Waals surface area contributed by atoms with Gasteiger partial charge in [0.15, 0.2) is 0 Å². The Labute approximate surface area is 184 Å². The molecule has 0 saturated carbocycles. The van der Waals surface area contributed by atoms with Gasteiger partial charge in [-0.1, -0.05) is 53.5 Å². The van der Waals surface area contributed by atoms with Crippen molar-refractivity contribution in [1.82, 2.24) is 0 Å². The van der Waals surface area contributed by atoms with Crippen LogP contribution in [0.1, 0.15) is 25.0 Å². The largest absolute Gasteiger partial charge is 0.465 e. The van der Waals surface area contributed by atoms with E-state index in [9.17, 15) is 15.0 Å². The molecule has 4 atom stereocenters. The average Bonchev–Trinajstić information content (AvgIpc) is 3.15. The molecule has 0 bridgehead atoms. The van der Waals surface area contributed by atoms with E-state index in [4.69, 9.17) is 27.9 Å². The van der Waals surface area contributed by atoms with Gasteiger partial charge in [0.1, 0.15) is 0 Å². The summed E-state index contributed by atoms with van der Waals surface area (Å²) >= 11 is 13.2. The highest BCUT2D eigenvalue weighted by Crippen LogP contribution is 2.52. The van der Waals surface area contributed by atoms with Crippen LogP contribution in [0, 0.1) is 5.92 Å². The van der Waals surface area contributed by atoms with Crippen LogP contribution in [0.3, 0.4) is 0 Å². The van der Waals surface area contributed by atoms with Gasteiger partial charge < -0.3 is 14.9 Å². The smallest absolute Gasteiger partial charge is 0.344 e. The third kappa shape index (κ3) is 4.35. The highest BCUT2D eigenvalue weighted by molar-refractivity contribution is 8.04. The van der Waals surface area contributed by atoms with Crippen molar-refractivity contribution in [2.24, 2.45) is 5.92 Å². The number of methoxy groups -OCH3 is 1. The first-order valence-corrected chi connectivity index (χ1v) is 10.6. The standard InChI is InChI=1S/C22H22Cl2O4S/c1-21(26,13-4-8-15(23)9-5-13)17-12-18(20(25)28-3)29-19(17)22(2,27)14-6-10-16(24)11-7-14/h4-12,17,19,26-27H,1-3H3/t17-,19+,21?,22?/m1/s1. The second-order valence-corrected chi connectivity index (χ2v) is 9.45. The maximum Gasteiger partial charge on any atom is 0.344 e. The number of thioether (sulfide) groups is 1. The molecule has 4 nitrogen and oxygen atoms in total. The van der Waals surface area contributed by atoms with Gasteiger partial charge in [0, 0.05) is 16.0 Å². The topological polar surface area (TPSA) is 66.8 Å². The van der Waals surface area contributed by atoms with Crippen LogP contribution in [0.4, 0.5) is 0 Å². The van der Waals surface area contributed by atoms with E-state index in [1.807, 2.05) is 0 Å². The number of esters is 1. The van der Waals surface area contributed by atoms with Crippen LogP contribution in [0.15, 0.2) is 59.5 Å². The number of rotatable bonds is 5. The number of halogens is 2. The van der Waals surface area contributed by atoms with E-state index in [1.54, 1.807) is 68.5 Å². The van der Waals surface area contributed by atoms with Crippen molar-refractivity contribution < 1.29 is 19.7 Å². The molecule has 1 aliphatic rings. The predicted octanol–water partition coefficient (Wildman–Crippen LogP) is 4.90. The van der Waals surface area contributed by atoms with E-state index >= 15 is 0 Å². The van der Waals surface area contributed by atoms with Crippen molar-refractivity contribution in [2.75, 3.05) is 7.11 Å². The monoisotopic (exact) mass is 452 g/mol. The Morgan fingerprint density at radius 3 is 1.83 bits per heavy atom. The molecule has 2 aromatic carbocycles. The summed E-state index contributed by atoms with van der Waals surface area (Å²) in [4.78, 5) is 12.6. The van der Waals surface area contributed by atoms with Gasteiger partial charge in [-0.25, -0.2) is 4.79 Å². The second kappa shape index (κ2) is 8.32. The molecule has 0 fully saturated rings. The van der Waals surface area contributed by atoms with Crippen LogP contribution in [0.25, 0.3) is 0 Å².